The van der Waals surface area contributed by atoms with Crippen molar-refractivity contribution in [1.82, 2.24) is 9.80 Å². The number of ether oxygens (including phenoxy) is 2. The number of likely N-dealkylation sites (tertiary alicyclic amines) is 1. The van der Waals surface area contributed by atoms with E-state index < -0.39 is 0 Å². The lowest BCUT2D eigenvalue weighted by Crippen LogP contribution is -2.45. The fourth-order valence-electron chi connectivity index (χ4n) is 3.94. The predicted molar refractivity (Wildman–Crippen MR) is 103 cm³/mol. The van der Waals surface area contributed by atoms with Crippen molar-refractivity contribution in [1.29, 1.82) is 0 Å². The van der Waals surface area contributed by atoms with Crippen molar-refractivity contribution in [2.24, 2.45) is 11.8 Å². The van der Waals surface area contributed by atoms with Crippen LogP contribution in [0.1, 0.15) is 31.7 Å². The summed E-state index contributed by atoms with van der Waals surface area (Å²) in [5.41, 5.74) is 1.09. The molecule has 1 aromatic rings. The summed E-state index contributed by atoms with van der Waals surface area (Å²) < 4.78 is 10.6. The number of nitrogens with zero attached hydrogens (tertiary/aromatic N) is 2. The van der Waals surface area contributed by atoms with Gasteiger partial charge in [0.2, 0.25) is 11.8 Å². The van der Waals surface area contributed by atoms with E-state index in [1.54, 1.807) is 7.11 Å². The Morgan fingerprint density at radius 2 is 1.78 bits per heavy atom. The molecule has 0 N–H and O–H groups in total. The Bertz CT molecular complexity index is 653. The maximum Gasteiger partial charge on any atom is 0.228 e. The minimum Gasteiger partial charge on any atom is -0.497 e. The zero-order valence-corrected chi connectivity index (χ0v) is 16.5. The number of benzene rings is 1. The molecule has 0 unspecified atom stereocenters. The van der Waals surface area contributed by atoms with Gasteiger partial charge in [-0.25, -0.2) is 0 Å². The molecule has 148 valence electrons. The molecule has 1 aromatic carbocycles. The summed E-state index contributed by atoms with van der Waals surface area (Å²) >= 11 is 0. The molecule has 0 saturated carbocycles. The van der Waals surface area contributed by atoms with Crippen LogP contribution in [0.25, 0.3) is 0 Å². The molecule has 0 spiro atoms. The van der Waals surface area contributed by atoms with Gasteiger partial charge in [0.25, 0.3) is 0 Å². The molecule has 2 saturated heterocycles. The smallest absolute Gasteiger partial charge is 0.228 e. The van der Waals surface area contributed by atoms with Gasteiger partial charge < -0.3 is 19.3 Å². The Kier molecular flexibility index (Phi) is 6.37. The SMILES string of the molecule is COc1ccc([C@@H]2CN(C(=O)CC(C)C)C[C@@H]2C(=O)N2CCOCC2)cc1. The van der Waals surface area contributed by atoms with Gasteiger partial charge in [0, 0.05) is 38.5 Å². The fourth-order valence-corrected chi connectivity index (χ4v) is 3.94. The maximum absolute atomic E-state index is 13.2. The fraction of sp³-hybridized carbons (Fsp3) is 0.619. The summed E-state index contributed by atoms with van der Waals surface area (Å²) in [6.45, 7) is 7.62. The highest BCUT2D eigenvalue weighted by Crippen LogP contribution is 2.35. The lowest BCUT2D eigenvalue weighted by atomic mass is 9.88. The van der Waals surface area contributed by atoms with Gasteiger partial charge in [0.15, 0.2) is 0 Å². The van der Waals surface area contributed by atoms with Crippen molar-refractivity contribution in [3.8, 4) is 5.75 Å². The standard InChI is InChI=1S/C21H30N2O4/c1-15(2)12-20(24)23-13-18(16-4-6-17(26-3)7-5-16)19(14-23)21(25)22-8-10-27-11-9-22/h4-7,15,18-19H,8-14H2,1-3H3/t18-,19-/m0/s1. The van der Waals surface area contributed by atoms with Gasteiger partial charge >= 0.3 is 0 Å². The Morgan fingerprint density at radius 3 is 2.37 bits per heavy atom. The molecule has 2 fully saturated rings. The topological polar surface area (TPSA) is 59.1 Å². The highest BCUT2D eigenvalue weighted by atomic mass is 16.5. The van der Waals surface area contributed by atoms with Crippen LogP contribution in [0.2, 0.25) is 0 Å². The molecular formula is C21H30N2O4. The van der Waals surface area contributed by atoms with E-state index in [0.29, 0.717) is 51.7 Å². The van der Waals surface area contributed by atoms with Crippen LogP contribution in [0.15, 0.2) is 24.3 Å². The Hall–Kier alpha value is -2.08. The maximum atomic E-state index is 13.2. The normalized spacial score (nSPS) is 23.0. The predicted octanol–water partition coefficient (Wildman–Crippen LogP) is 2.14. The summed E-state index contributed by atoms with van der Waals surface area (Å²) in [5.74, 6) is 1.20. The Morgan fingerprint density at radius 1 is 1.11 bits per heavy atom. The third-order valence-corrected chi connectivity index (χ3v) is 5.44. The van der Waals surface area contributed by atoms with Gasteiger partial charge in [-0.1, -0.05) is 26.0 Å². The first-order valence-electron chi connectivity index (χ1n) is 9.78. The third kappa shape index (κ3) is 4.61. The second-order valence-corrected chi connectivity index (χ2v) is 7.82. The number of amides is 2. The second-order valence-electron chi connectivity index (χ2n) is 7.82. The summed E-state index contributed by atoms with van der Waals surface area (Å²) in [7, 11) is 1.64. The van der Waals surface area contributed by atoms with Gasteiger partial charge in [0.1, 0.15) is 5.75 Å². The highest BCUT2D eigenvalue weighted by Gasteiger charge is 2.42. The minimum absolute atomic E-state index is 0.0161. The molecular weight excluding hydrogens is 344 g/mol. The molecule has 0 aromatic heterocycles. The summed E-state index contributed by atoms with van der Waals surface area (Å²) in [5, 5.41) is 0. The van der Waals surface area contributed by atoms with Gasteiger partial charge in [-0.05, 0) is 23.6 Å². The zero-order valence-electron chi connectivity index (χ0n) is 16.5. The first kappa shape index (κ1) is 19.7. The van der Waals surface area contributed by atoms with Gasteiger partial charge in [-0.2, -0.15) is 0 Å². The molecule has 2 aliphatic rings. The number of morpholine rings is 1. The lowest BCUT2D eigenvalue weighted by Gasteiger charge is -2.30. The molecule has 2 heterocycles. The molecule has 27 heavy (non-hydrogen) atoms. The van der Waals surface area contributed by atoms with Crippen LogP contribution in [-0.2, 0) is 14.3 Å². The monoisotopic (exact) mass is 374 g/mol. The van der Waals surface area contributed by atoms with Crippen molar-refractivity contribution in [3.05, 3.63) is 29.8 Å². The molecule has 0 aliphatic carbocycles. The van der Waals surface area contributed by atoms with E-state index in [-0.39, 0.29) is 23.7 Å². The van der Waals surface area contributed by atoms with E-state index in [9.17, 15) is 9.59 Å². The van der Waals surface area contributed by atoms with Crippen molar-refractivity contribution >= 4 is 11.8 Å². The van der Waals surface area contributed by atoms with Crippen LogP contribution in [0.4, 0.5) is 0 Å². The van der Waals surface area contributed by atoms with Crippen molar-refractivity contribution in [2.45, 2.75) is 26.2 Å². The number of hydrogen-bond acceptors (Lipinski definition) is 4. The first-order chi connectivity index (χ1) is 13.0. The van der Waals surface area contributed by atoms with Crippen molar-refractivity contribution < 1.29 is 19.1 Å². The summed E-state index contributed by atoms with van der Waals surface area (Å²) in [6.07, 6.45) is 0.522. The van der Waals surface area contributed by atoms with Crippen LogP contribution in [0, 0.1) is 11.8 Å². The van der Waals surface area contributed by atoms with E-state index in [4.69, 9.17) is 9.47 Å². The molecule has 0 radical (unpaired) electrons. The largest absolute Gasteiger partial charge is 0.497 e. The van der Waals surface area contributed by atoms with Crippen LogP contribution < -0.4 is 4.74 Å². The quantitative estimate of drug-likeness (QED) is 0.792. The number of carbonyl (C=O) groups excluding carboxylic acids is 2. The van der Waals surface area contributed by atoms with E-state index in [1.807, 2.05) is 47.9 Å². The molecule has 6 heteroatoms. The van der Waals surface area contributed by atoms with E-state index >= 15 is 0 Å². The molecule has 2 aliphatic heterocycles. The Labute approximate surface area is 161 Å². The second kappa shape index (κ2) is 8.74. The third-order valence-electron chi connectivity index (χ3n) is 5.44. The van der Waals surface area contributed by atoms with Gasteiger partial charge in [-0.3, -0.25) is 9.59 Å². The average Bonchev–Trinajstić information content (AvgIpc) is 3.13. The summed E-state index contributed by atoms with van der Waals surface area (Å²) in [6, 6.07) is 7.87. The molecule has 0 bridgehead atoms. The molecule has 3 rings (SSSR count). The van der Waals surface area contributed by atoms with Gasteiger partial charge in [-0.15, -0.1) is 0 Å². The first-order valence-corrected chi connectivity index (χ1v) is 9.78. The van der Waals surface area contributed by atoms with Crippen LogP contribution in [0.3, 0.4) is 0 Å². The van der Waals surface area contributed by atoms with E-state index in [0.717, 1.165) is 11.3 Å². The van der Waals surface area contributed by atoms with Crippen LogP contribution in [0.5, 0.6) is 5.75 Å². The highest BCUT2D eigenvalue weighted by molar-refractivity contribution is 5.83. The molecule has 2 amide bonds. The number of methoxy groups -OCH3 is 1. The number of carbonyl (C=O) groups is 2. The van der Waals surface area contributed by atoms with Crippen LogP contribution in [-0.4, -0.2) is 68.1 Å². The van der Waals surface area contributed by atoms with E-state index in [2.05, 4.69) is 0 Å². The molecule has 6 nitrogen and oxygen atoms in total. The van der Waals surface area contributed by atoms with Crippen LogP contribution >= 0.6 is 0 Å². The molecule has 2 atom stereocenters. The average molecular weight is 374 g/mol. The van der Waals surface area contributed by atoms with E-state index in [1.165, 1.54) is 0 Å². The lowest BCUT2D eigenvalue weighted by molar-refractivity contribution is -0.140. The van der Waals surface area contributed by atoms with Crippen molar-refractivity contribution in [2.75, 3.05) is 46.5 Å². The van der Waals surface area contributed by atoms with Gasteiger partial charge in [0.05, 0.1) is 26.2 Å². The number of hydrogen-bond donors (Lipinski definition) is 0. The number of rotatable bonds is 5. The minimum atomic E-state index is -0.201. The summed E-state index contributed by atoms with van der Waals surface area (Å²) in [4.78, 5) is 29.6. The Balaban J connectivity index is 1.81. The van der Waals surface area contributed by atoms with Crippen molar-refractivity contribution in [3.63, 3.8) is 0 Å². The zero-order chi connectivity index (χ0) is 19.4.